The third-order valence-electron chi connectivity index (χ3n) is 2.37. The lowest BCUT2D eigenvalue weighted by Gasteiger charge is -2.10. The minimum absolute atomic E-state index is 0.670. The molecule has 1 aromatic carbocycles. The Balaban J connectivity index is 2.80. The van der Waals surface area contributed by atoms with Crippen molar-refractivity contribution < 1.29 is 0 Å². The normalized spacial score (nSPS) is 10.6. The first kappa shape index (κ1) is 10.5. The molecule has 0 spiro atoms. The van der Waals surface area contributed by atoms with Crippen molar-refractivity contribution in [1.82, 2.24) is 9.55 Å². The molecule has 1 heterocycles. The summed E-state index contributed by atoms with van der Waals surface area (Å²) in [6, 6.07) is 5.83. The maximum Gasteiger partial charge on any atom is 0.182 e. The summed E-state index contributed by atoms with van der Waals surface area (Å²) in [5.74, 6) is 0. The summed E-state index contributed by atoms with van der Waals surface area (Å²) >= 11 is 11.4. The van der Waals surface area contributed by atoms with Gasteiger partial charge in [-0.15, -0.1) is 0 Å². The van der Waals surface area contributed by atoms with Crippen LogP contribution in [0.4, 0.5) is 0 Å². The van der Waals surface area contributed by atoms with Gasteiger partial charge >= 0.3 is 0 Å². The van der Waals surface area contributed by atoms with Crippen molar-refractivity contribution in [2.24, 2.45) is 0 Å². The van der Waals surface area contributed by atoms with Crippen molar-refractivity contribution in [3.8, 4) is 5.69 Å². The van der Waals surface area contributed by atoms with E-state index in [9.17, 15) is 0 Å². The predicted molar refractivity (Wildman–Crippen MR) is 65.4 cm³/mol. The van der Waals surface area contributed by atoms with Gasteiger partial charge in [0.25, 0.3) is 0 Å². The number of hydrogen-bond donors (Lipinski definition) is 1. The van der Waals surface area contributed by atoms with Crippen LogP contribution < -0.4 is 0 Å². The molecule has 0 fully saturated rings. The summed E-state index contributed by atoms with van der Waals surface area (Å²) in [5, 5.41) is 0.716. The van der Waals surface area contributed by atoms with Crippen LogP contribution in [0.5, 0.6) is 0 Å². The Bertz CT molecular complexity index is 534. The first-order valence-corrected chi connectivity index (χ1v) is 5.42. The van der Waals surface area contributed by atoms with E-state index in [1.165, 1.54) is 0 Å². The van der Waals surface area contributed by atoms with Gasteiger partial charge in [0.2, 0.25) is 0 Å². The number of nitrogens with one attached hydrogen (secondary N) is 1. The van der Waals surface area contributed by atoms with E-state index < -0.39 is 0 Å². The van der Waals surface area contributed by atoms with Crippen molar-refractivity contribution in [1.29, 1.82) is 0 Å². The molecule has 2 nitrogen and oxygen atoms in total. The maximum absolute atomic E-state index is 6.18. The van der Waals surface area contributed by atoms with Gasteiger partial charge in [0.15, 0.2) is 4.77 Å². The number of aryl methyl sites for hydroxylation is 2. The molecular formula is C11H11ClN2S. The van der Waals surface area contributed by atoms with Crippen LogP contribution in [0.2, 0.25) is 5.02 Å². The molecule has 0 aliphatic rings. The van der Waals surface area contributed by atoms with Crippen molar-refractivity contribution in [2.45, 2.75) is 13.8 Å². The van der Waals surface area contributed by atoms with Gasteiger partial charge in [0, 0.05) is 11.9 Å². The fourth-order valence-corrected chi connectivity index (χ4v) is 2.24. The molecule has 0 bridgehead atoms. The van der Waals surface area contributed by atoms with E-state index in [-0.39, 0.29) is 0 Å². The Morgan fingerprint density at radius 2 is 2.07 bits per heavy atom. The largest absolute Gasteiger partial charge is 0.337 e. The van der Waals surface area contributed by atoms with Crippen molar-refractivity contribution >= 4 is 23.8 Å². The molecule has 0 radical (unpaired) electrons. The number of imidazole rings is 1. The smallest absolute Gasteiger partial charge is 0.182 e. The van der Waals surface area contributed by atoms with Gasteiger partial charge in [-0.1, -0.05) is 23.7 Å². The summed E-state index contributed by atoms with van der Waals surface area (Å²) in [7, 11) is 0. The van der Waals surface area contributed by atoms with Gasteiger partial charge in [0.05, 0.1) is 10.7 Å². The average molecular weight is 239 g/mol. The van der Waals surface area contributed by atoms with Crippen LogP contribution in [0.25, 0.3) is 5.69 Å². The number of halogens is 1. The molecule has 78 valence electrons. The minimum Gasteiger partial charge on any atom is -0.337 e. The number of rotatable bonds is 1. The van der Waals surface area contributed by atoms with Gasteiger partial charge in [-0.25, -0.2) is 0 Å². The zero-order valence-electron chi connectivity index (χ0n) is 8.54. The Kier molecular flexibility index (Phi) is 2.67. The molecule has 0 saturated carbocycles. The topological polar surface area (TPSA) is 20.7 Å². The standard InChI is InChI=1S/C11H11ClN2S/c1-7-4-3-5-9(12)10(7)14-8(2)6-13-11(14)15/h3-6H,1-2H3,(H,13,15). The van der Waals surface area contributed by atoms with Crippen LogP contribution in [0.15, 0.2) is 24.4 Å². The number of aromatic nitrogens is 2. The number of aromatic amines is 1. The summed E-state index contributed by atoms with van der Waals surface area (Å²) in [6.45, 7) is 4.02. The second kappa shape index (κ2) is 3.83. The molecule has 0 amide bonds. The molecule has 2 rings (SSSR count). The third kappa shape index (κ3) is 1.73. The van der Waals surface area contributed by atoms with Gasteiger partial charge < -0.3 is 4.98 Å². The number of benzene rings is 1. The summed E-state index contributed by atoms with van der Waals surface area (Å²) in [4.78, 5) is 3.01. The van der Waals surface area contributed by atoms with Gasteiger partial charge in [-0.2, -0.15) is 0 Å². The van der Waals surface area contributed by atoms with E-state index in [1.807, 2.05) is 42.8 Å². The molecule has 4 heteroatoms. The molecule has 0 aliphatic heterocycles. The van der Waals surface area contributed by atoms with Gasteiger partial charge in [-0.05, 0) is 37.7 Å². The molecule has 1 aromatic heterocycles. The van der Waals surface area contributed by atoms with E-state index in [2.05, 4.69) is 4.98 Å². The van der Waals surface area contributed by atoms with Crippen LogP contribution >= 0.6 is 23.8 Å². The summed E-state index contributed by atoms with van der Waals surface area (Å²) < 4.78 is 2.62. The molecule has 0 saturated heterocycles. The van der Waals surface area contributed by atoms with E-state index in [0.29, 0.717) is 9.79 Å². The van der Waals surface area contributed by atoms with Crippen molar-refractivity contribution in [2.75, 3.05) is 0 Å². The zero-order chi connectivity index (χ0) is 11.0. The van der Waals surface area contributed by atoms with Crippen LogP contribution in [-0.2, 0) is 0 Å². The maximum atomic E-state index is 6.18. The zero-order valence-corrected chi connectivity index (χ0v) is 10.1. The molecule has 0 atom stereocenters. The fourth-order valence-electron chi connectivity index (χ4n) is 1.64. The fraction of sp³-hybridized carbons (Fsp3) is 0.182. The van der Waals surface area contributed by atoms with Crippen LogP contribution in [0, 0.1) is 18.6 Å². The second-order valence-corrected chi connectivity index (χ2v) is 4.27. The lowest BCUT2D eigenvalue weighted by Crippen LogP contribution is -2.00. The number of para-hydroxylation sites is 1. The molecule has 0 unspecified atom stereocenters. The lowest BCUT2D eigenvalue weighted by atomic mass is 10.2. The molecule has 2 aromatic rings. The molecule has 1 N–H and O–H groups in total. The second-order valence-electron chi connectivity index (χ2n) is 3.48. The molecule has 0 aliphatic carbocycles. The van der Waals surface area contributed by atoms with Crippen LogP contribution in [0.1, 0.15) is 11.3 Å². The quantitative estimate of drug-likeness (QED) is 0.750. The predicted octanol–water partition coefficient (Wildman–Crippen LogP) is 3.81. The highest BCUT2D eigenvalue weighted by Crippen LogP contribution is 2.25. The Hall–Kier alpha value is -1.06. The van der Waals surface area contributed by atoms with E-state index >= 15 is 0 Å². The minimum atomic E-state index is 0.670. The Morgan fingerprint density at radius 1 is 1.33 bits per heavy atom. The third-order valence-corrected chi connectivity index (χ3v) is 2.98. The Morgan fingerprint density at radius 3 is 2.60 bits per heavy atom. The van der Waals surface area contributed by atoms with E-state index in [1.54, 1.807) is 0 Å². The Labute approximate surface area is 98.5 Å². The van der Waals surface area contributed by atoms with Gasteiger partial charge in [-0.3, -0.25) is 4.57 Å². The molecule has 15 heavy (non-hydrogen) atoms. The first-order valence-electron chi connectivity index (χ1n) is 4.64. The lowest BCUT2D eigenvalue weighted by molar-refractivity contribution is 0.973. The van der Waals surface area contributed by atoms with Crippen LogP contribution in [-0.4, -0.2) is 9.55 Å². The summed E-state index contributed by atoms with van der Waals surface area (Å²) in [6.07, 6.45) is 1.88. The number of nitrogens with zero attached hydrogens (tertiary/aromatic N) is 1. The van der Waals surface area contributed by atoms with Crippen LogP contribution in [0.3, 0.4) is 0 Å². The van der Waals surface area contributed by atoms with Gasteiger partial charge in [0.1, 0.15) is 0 Å². The highest BCUT2D eigenvalue weighted by atomic mass is 35.5. The first-order chi connectivity index (χ1) is 7.11. The van der Waals surface area contributed by atoms with E-state index in [0.717, 1.165) is 16.9 Å². The van der Waals surface area contributed by atoms with Crippen molar-refractivity contribution in [3.05, 3.63) is 45.4 Å². The number of H-pyrrole nitrogens is 1. The SMILES string of the molecule is Cc1cccc(Cl)c1-n1c(C)c[nH]c1=S. The molecular weight excluding hydrogens is 228 g/mol. The average Bonchev–Trinajstić information content (AvgIpc) is 2.49. The highest BCUT2D eigenvalue weighted by molar-refractivity contribution is 7.71. The monoisotopic (exact) mass is 238 g/mol. The van der Waals surface area contributed by atoms with E-state index in [4.69, 9.17) is 23.8 Å². The summed E-state index contributed by atoms with van der Waals surface area (Å²) in [5.41, 5.74) is 3.13. The number of hydrogen-bond acceptors (Lipinski definition) is 1. The van der Waals surface area contributed by atoms with Crippen molar-refractivity contribution in [3.63, 3.8) is 0 Å². The highest BCUT2D eigenvalue weighted by Gasteiger charge is 2.09.